The van der Waals surface area contributed by atoms with Gasteiger partial charge < -0.3 is 10.6 Å². The van der Waals surface area contributed by atoms with E-state index in [1.54, 1.807) is 0 Å². The van der Waals surface area contributed by atoms with Crippen molar-refractivity contribution in [1.82, 2.24) is 5.32 Å². The van der Waals surface area contributed by atoms with Gasteiger partial charge in [-0.3, -0.25) is 4.79 Å². The summed E-state index contributed by atoms with van der Waals surface area (Å²) in [5.74, 6) is -1.58. The Labute approximate surface area is 86.5 Å². The highest BCUT2D eigenvalue weighted by atomic mass is 19.1. The summed E-state index contributed by atoms with van der Waals surface area (Å²) in [4.78, 5) is 10.6. The maximum Gasteiger partial charge on any atom is 0.217 e. The minimum Gasteiger partial charge on any atom is -0.383 e. The molecule has 0 heterocycles. The van der Waals surface area contributed by atoms with Crippen molar-refractivity contribution < 1.29 is 13.6 Å². The van der Waals surface area contributed by atoms with Crippen molar-refractivity contribution in [1.29, 1.82) is 0 Å². The van der Waals surface area contributed by atoms with E-state index in [1.165, 1.54) is 26.1 Å². The van der Waals surface area contributed by atoms with E-state index in [0.717, 1.165) is 0 Å². The molecule has 0 aromatic heterocycles. The number of carbonyl (C=O) groups is 1. The van der Waals surface area contributed by atoms with E-state index in [2.05, 4.69) is 10.6 Å². The van der Waals surface area contributed by atoms with E-state index in [-0.39, 0.29) is 18.1 Å². The van der Waals surface area contributed by atoms with Crippen molar-refractivity contribution in [3.8, 4) is 0 Å². The molecule has 5 heteroatoms. The summed E-state index contributed by atoms with van der Waals surface area (Å²) >= 11 is 0. The second-order valence-corrected chi connectivity index (χ2v) is 3.09. The van der Waals surface area contributed by atoms with E-state index in [1.807, 2.05) is 0 Å². The Bertz CT molecular complexity index is 357. The molecule has 1 aromatic carbocycles. The second kappa shape index (κ2) is 4.72. The molecule has 3 nitrogen and oxygen atoms in total. The molecule has 2 N–H and O–H groups in total. The molecule has 15 heavy (non-hydrogen) atoms. The predicted octanol–water partition coefficient (Wildman–Crippen LogP) is 1.64. The molecule has 0 saturated heterocycles. The zero-order valence-electron chi connectivity index (χ0n) is 8.53. The summed E-state index contributed by atoms with van der Waals surface area (Å²) in [5.41, 5.74) is 0.223. The summed E-state index contributed by atoms with van der Waals surface area (Å²) in [7, 11) is 1.44. The van der Waals surface area contributed by atoms with Crippen LogP contribution in [0.2, 0.25) is 0 Å². The molecule has 0 spiro atoms. The normalized spacial score (nSPS) is 9.87. The van der Waals surface area contributed by atoms with Crippen molar-refractivity contribution in [2.24, 2.45) is 0 Å². The van der Waals surface area contributed by atoms with Crippen LogP contribution in [-0.4, -0.2) is 13.0 Å². The third kappa shape index (κ3) is 2.90. The molecule has 82 valence electrons. The molecule has 0 aliphatic rings. The highest BCUT2D eigenvalue weighted by molar-refractivity contribution is 5.72. The molecule has 0 saturated carbocycles. The van der Waals surface area contributed by atoms with Gasteiger partial charge in [-0.05, 0) is 17.7 Å². The lowest BCUT2D eigenvalue weighted by atomic mass is 10.2. The van der Waals surface area contributed by atoms with Crippen molar-refractivity contribution in [3.05, 3.63) is 29.3 Å². The first-order chi connectivity index (χ1) is 7.04. The van der Waals surface area contributed by atoms with E-state index >= 15 is 0 Å². The Kier molecular flexibility index (Phi) is 3.60. The van der Waals surface area contributed by atoms with Crippen LogP contribution in [0, 0.1) is 11.6 Å². The van der Waals surface area contributed by atoms with Gasteiger partial charge in [0.2, 0.25) is 5.91 Å². The Balaban J connectivity index is 2.88. The van der Waals surface area contributed by atoms with Crippen LogP contribution in [0.15, 0.2) is 12.1 Å². The molecular weight excluding hydrogens is 202 g/mol. The summed E-state index contributed by atoms with van der Waals surface area (Å²) in [6, 6.07) is 2.37. The minimum absolute atomic E-state index is 0.118. The molecule has 0 bridgehead atoms. The number of hydrogen-bond donors (Lipinski definition) is 2. The number of halogens is 2. The van der Waals surface area contributed by atoms with Crippen LogP contribution in [0.3, 0.4) is 0 Å². The Hall–Kier alpha value is -1.65. The second-order valence-electron chi connectivity index (χ2n) is 3.09. The van der Waals surface area contributed by atoms with Crippen molar-refractivity contribution in [2.45, 2.75) is 13.5 Å². The molecular formula is C10H12F2N2O. The van der Waals surface area contributed by atoms with Crippen LogP contribution in [0.5, 0.6) is 0 Å². The monoisotopic (exact) mass is 214 g/mol. The minimum atomic E-state index is -0.669. The number of hydrogen-bond acceptors (Lipinski definition) is 2. The van der Waals surface area contributed by atoms with Crippen LogP contribution >= 0.6 is 0 Å². The SMILES string of the molecule is CNc1c(F)cc(CNC(C)=O)cc1F. The fraction of sp³-hybridized carbons (Fsp3) is 0.300. The highest BCUT2D eigenvalue weighted by Crippen LogP contribution is 2.19. The number of rotatable bonds is 3. The van der Waals surface area contributed by atoms with Crippen LogP contribution in [0.1, 0.15) is 12.5 Å². The van der Waals surface area contributed by atoms with Crippen LogP contribution in [0.25, 0.3) is 0 Å². The van der Waals surface area contributed by atoms with Gasteiger partial charge in [0.15, 0.2) is 0 Å². The van der Waals surface area contributed by atoms with Gasteiger partial charge in [0.05, 0.1) is 0 Å². The zero-order chi connectivity index (χ0) is 11.4. The Morgan fingerprint density at radius 3 is 2.27 bits per heavy atom. The van der Waals surface area contributed by atoms with Gasteiger partial charge in [-0.15, -0.1) is 0 Å². The molecule has 1 rings (SSSR count). The number of benzene rings is 1. The maximum atomic E-state index is 13.2. The van der Waals surface area contributed by atoms with Crippen molar-refractivity contribution >= 4 is 11.6 Å². The first-order valence-electron chi connectivity index (χ1n) is 4.44. The average Bonchev–Trinajstić information content (AvgIpc) is 2.14. The van der Waals surface area contributed by atoms with Gasteiger partial charge in [0.1, 0.15) is 17.3 Å². The summed E-state index contributed by atoms with van der Waals surface area (Å²) in [6.45, 7) is 1.46. The van der Waals surface area contributed by atoms with E-state index in [9.17, 15) is 13.6 Å². The van der Waals surface area contributed by atoms with E-state index < -0.39 is 11.6 Å². The molecule has 0 unspecified atom stereocenters. The van der Waals surface area contributed by atoms with Gasteiger partial charge in [0, 0.05) is 20.5 Å². The molecule has 0 fully saturated rings. The first-order valence-corrected chi connectivity index (χ1v) is 4.44. The fourth-order valence-corrected chi connectivity index (χ4v) is 1.19. The van der Waals surface area contributed by atoms with E-state index in [0.29, 0.717) is 5.56 Å². The summed E-state index contributed by atoms with van der Waals surface area (Å²) in [5, 5.41) is 4.88. The largest absolute Gasteiger partial charge is 0.383 e. The topological polar surface area (TPSA) is 41.1 Å². The smallest absolute Gasteiger partial charge is 0.217 e. The summed E-state index contributed by atoms with van der Waals surface area (Å²) < 4.78 is 26.4. The molecule has 1 aromatic rings. The van der Waals surface area contributed by atoms with Crippen LogP contribution in [-0.2, 0) is 11.3 Å². The number of carbonyl (C=O) groups excluding carboxylic acids is 1. The van der Waals surface area contributed by atoms with Crippen LogP contribution in [0.4, 0.5) is 14.5 Å². The fourth-order valence-electron chi connectivity index (χ4n) is 1.19. The Morgan fingerprint density at radius 1 is 1.33 bits per heavy atom. The van der Waals surface area contributed by atoms with Crippen molar-refractivity contribution in [3.63, 3.8) is 0 Å². The summed E-state index contributed by atoms with van der Waals surface area (Å²) in [6.07, 6.45) is 0. The highest BCUT2D eigenvalue weighted by Gasteiger charge is 2.09. The van der Waals surface area contributed by atoms with Gasteiger partial charge in [0.25, 0.3) is 0 Å². The van der Waals surface area contributed by atoms with Gasteiger partial charge in [-0.2, -0.15) is 0 Å². The molecule has 0 radical (unpaired) electrons. The third-order valence-corrected chi connectivity index (χ3v) is 1.89. The van der Waals surface area contributed by atoms with Gasteiger partial charge >= 0.3 is 0 Å². The first kappa shape index (κ1) is 11.4. The van der Waals surface area contributed by atoms with Crippen LogP contribution < -0.4 is 10.6 Å². The molecule has 0 aliphatic heterocycles. The predicted molar refractivity (Wildman–Crippen MR) is 53.4 cm³/mol. The molecule has 0 atom stereocenters. The zero-order valence-corrected chi connectivity index (χ0v) is 8.53. The Morgan fingerprint density at radius 2 is 1.87 bits per heavy atom. The average molecular weight is 214 g/mol. The maximum absolute atomic E-state index is 13.2. The van der Waals surface area contributed by atoms with Gasteiger partial charge in [-0.25, -0.2) is 8.78 Å². The third-order valence-electron chi connectivity index (χ3n) is 1.89. The quantitative estimate of drug-likeness (QED) is 0.803. The lowest BCUT2D eigenvalue weighted by molar-refractivity contribution is -0.119. The van der Waals surface area contributed by atoms with Crippen molar-refractivity contribution in [2.75, 3.05) is 12.4 Å². The number of amides is 1. The molecule has 1 amide bonds. The number of nitrogens with one attached hydrogen (secondary N) is 2. The standard InChI is InChI=1S/C10H12F2N2O/c1-6(15)14-5-7-3-8(11)10(13-2)9(12)4-7/h3-4,13H,5H2,1-2H3,(H,14,15). The molecule has 0 aliphatic carbocycles. The van der Waals surface area contributed by atoms with Gasteiger partial charge in [-0.1, -0.05) is 0 Å². The lowest BCUT2D eigenvalue weighted by Gasteiger charge is -2.07. The number of anilines is 1. The van der Waals surface area contributed by atoms with E-state index in [4.69, 9.17) is 0 Å². The lowest BCUT2D eigenvalue weighted by Crippen LogP contribution is -2.19.